The molecule has 0 fully saturated rings. The van der Waals surface area contributed by atoms with E-state index >= 15 is 0 Å². The maximum atomic E-state index is 4.72. The first-order valence-electron chi connectivity index (χ1n) is 8.08. The molecule has 0 bridgehead atoms. The monoisotopic (exact) mass is 420 g/mol. The number of nitrogens with zero attached hydrogens (tertiary/aromatic N) is 5. The summed E-state index contributed by atoms with van der Waals surface area (Å²) in [6.07, 6.45) is 4.01. The van der Waals surface area contributed by atoms with Gasteiger partial charge in [-0.3, -0.25) is 0 Å². The third-order valence-electron chi connectivity index (χ3n) is 3.62. The molecule has 0 aliphatic rings. The Morgan fingerprint density at radius 1 is 1.32 bits per heavy atom. The van der Waals surface area contributed by atoms with Crippen molar-refractivity contribution in [2.45, 2.75) is 26.9 Å². The highest BCUT2D eigenvalue weighted by Gasteiger charge is 2.09. The van der Waals surface area contributed by atoms with Crippen LogP contribution < -0.4 is 5.32 Å². The van der Waals surface area contributed by atoms with Crippen molar-refractivity contribution in [3.05, 3.63) is 50.8 Å². The topological polar surface area (TPSA) is 57.8 Å². The van der Waals surface area contributed by atoms with Crippen LogP contribution in [0.15, 0.2) is 39.4 Å². The molecule has 0 amide bonds. The third kappa shape index (κ3) is 4.58. The van der Waals surface area contributed by atoms with E-state index in [-0.39, 0.29) is 0 Å². The minimum Gasteiger partial charge on any atom is -0.357 e. The number of aromatic nitrogens is 3. The fourth-order valence-electron chi connectivity index (χ4n) is 2.52. The van der Waals surface area contributed by atoms with E-state index in [0.717, 1.165) is 45.6 Å². The molecule has 25 heavy (non-hydrogen) atoms. The van der Waals surface area contributed by atoms with Gasteiger partial charge >= 0.3 is 0 Å². The summed E-state index contributed by atoms with van der Waals surface area (Å²) in [5.41, 5.74) is 2.92. The van der Waals surface area contributed by atoms with Crippen LogP contribution in [0.3, 0.4) is 0 Å². The van der Waals surface area contributed by atoms with E-state index in [2.05, 4.69) is 48.4 Å². The molecular formula is C17H21BrN6S. The van der Waals surface area contributed by atoms with E-state index in [1.807, 2.05) is 42.9 Å². The number of hydrogen-bond donors (Lipinski definition) is 1. The summed E-state index contributed by atoms with van der Waals surface area (Å²) in [5.74, 6) is 0.853. The van der Waals surface area contributed by atoms with E-state index < -0.39 is 0 Å². The summed E-state index contributed by atoms with van der Waals surface area (Å²) in [5, 5.41) is 6.51. The molecule has 0 spiro atoms. The molecule has 0 aliphatic carbocycles. The van der Waals surface area contributed by atoms with Crippen LogP contribution in [0.1, 0.15) is 23.3 Å². The van der Waals surface area contributed by atoms with Gasteiger partial charge in [-0.1, -0.05) is 0 Å². The first-order valence-corrected chi connectivity index (χ1v) is 9.76. The highest BCUT2D eigenvalue weighted by atomic mass is 79.9. The number of imidazole rings is 1. The summed E-state index contributed by atoms with van der Waals surface area (Å²) in [6.45, 7) is 6.17. The Labute approximate surface area is 159 Å². The van der Waals surface area contributed by atoms with Crippen molar-refractivity contribution in [2.75, 3.05) is 13.6 Å². The number of thiazole rings is 1. The highest BCUT2D eigenvalue weighted by Crippen LogP contribution is 2.13. The lowest BCUT2D eigenvalue weighted by atomic mass is 10.4. The molecule has 132 valence electrons. The van der Waals surface area contributed by atoms with Gasteiger partial charge in [0.15, 0.2) is 5.96 Å². The second-order valence-corrected chi connectivity index (χ2v) is 7.71. The molecule has 1 N–H and O–H groups in total. The second kappa shape index (κ2) is 7.97. The minimum absolute atomic E-state index is 0.530. The van der Waals surface area contributed by atoms with E-state index in [1.165, 1.54) is 0 Å². The number of rotatable bonds is 5. The number of hydrogen-bond acceptors (Lipinski definition) is 4. The van der Waals surface area contributed by atoms with Gasteiger partial charge in [0.25, 0.3) is 0 Å². The van der Waals surface area contributed by atoms with Crippen molar-refractivity contribution in [3.63, 3.8) is 0 Å². The molecule has 0 saturated heterocycles. The fourth-order valence-corrected chi connectivity index (χ4v) is 3.47. The lowest BCUT2D eigenvalue weighted by Gasteiger charge is -2.21. The summed E-state index contributed by atoms with van der Waals surface area (Å²) in [6, 6.07) is 3.97. The van der Waals surface area contributed by atoms with E-state index in [9.17, 15) is 0 Å². The van der Waals surface area contributed by atoms with E-state index in [1.54, 1.807) is 11.3 Å². The van der Waals surface area contributed by atoms with Crippen LogP contribution in [-0.4, -0.2) is 38.8 Å². The quantitative estimate of drug-likeness (QED) is 0.507. The van der Waals surface area contributed by atoms with Crippen LogP contribution in [0, 0.1) is 6.92 Å². The number of fused-ring (bicyclic) bond motifs is 1. The lowest BCUT2D eigenvalue weighted by molar-refractivity contribution is 0.470. The van der Waals surface area contributed by atoms with Crippen molar-refractivity contribution >= 4 is 38.9 Å². The predicted molar refractivity (Wildman–Crippen MR) is 106 cm³/mol. The fraction of sp³-hybridized carbons (Fsp3) is 0.353. The molecule has 0 saturated carbocycles. The van der Waals surface area contributed by atoms with Crippen molar-refractivity contribution < 1.29 is 0 Å². The molecule has 0 radical (unpaired) electrons. The Kier molecular flexibility index (Phi) is 5.70. The second-order valence-electron chi connectivity index (χ2n) is 5.73. The summed E-state index contributed by atoms with van der Waals surface area (Å²) < 4.78 is 3.03. The van der Waals surface area contributed by atoms with E-state index in [0.29, 0.717) is 6.54 Å². The SMILES string of the molecule is CCNC(=NCc1cn2cc(Br)ccc2n1)N(C)Cc1csc(C)n1. The highest BCUT2D eigenvalue weighted by molar-refractivity contribution is 9.10. The summed E-state index contributed by atoms with van der Waals surface area (Å²) in [4.78, 5) is 15.9. The largest absolute Gasteiger partial charge is 0.357 e. The molecule has 0 aromatic carbocycles. The molecule has 0 unspecified atom stereocenters. The molecule has 0 atom stereocenters. The maximum Gasteiger partial charge on any atom is 0.194 e. The van der Waals surface area contributed by atoms with Gasteiger partial charge in [0, 0.05) is 35.8 Å². The molecule has 6 nitrogen and oxygen atoms in total. The number of guanidine groups is 1. The Balaban J connectivity index is 1.73. The summed E-state index contributed by atoms with van der Waals surface area (Å²) >= 11 is 5.15. The lowest BCUT2D eigenvalue weighted by Crippen LogP contribution is -2.38. The zero-order chi connectivity index (χ0) is 17.8. The molecule has 3 heterocycles. The summed E-state index contributed by atoms with van der Waals surface area (Å²) in [7, 11) is 2.02. The molecule has 3 rings (SSSR count). The van der Waals surface area contributed by atoms with Gasteiger partial charge in [-0.2, -0.15) is 0 Å². The Morgan fingerprint density at radius 2 is 2.16 bits per heavy atom. The van der Waals surface area contributed by atoms with Crippen LogP contribution in [0.2, 0.25) is 0 Å². The van der Waals surface area contributed by atoms with Gasteiger partial charge < -0.3 is 14.6 Å². The van der Waals surface area contributed by atoms with Gasteiger partial charge in [0.05, 0.1) is 29.5 Å². The van der Waals surface area contributed by atoms with Crippen molar-refractivity contribution in [3.8, 4) is 0 Å². The van der Waals surface area contributed by atoms with Gasteiger partial charge in [0.2, 0.25) is 0 Å². The van der Waals surface area contributed by atoms with Crippen LogP contribution in [0.25, 0.3) is 5.65 Å². The van der Waals surface area contributed by atoms with Gasteiger partial charge in [-0.15, -0.1) is 11.3 Å². The molecule has 0 aliphatic heterocycles. The standard InChI is InChI=1S/C17H21BrN6S/c1-4-19-17(23(3)9-15-11-25-12(2)21-15)20-7-14-10-24-8-13(18)5-6-16(24)22-14/h5-6,8,10-11H,4,7,9H2,1-3H3,(H,19,20). The minimum atomic E-state index is 0.530. The van der Waals surface area contributed by atoms with Crippen LogP contribution >= 0.6 is 27.3 Å². The van der Waals surface area contributed by atoms with Gasteiger partial charge in [-0.25, -0.2) is 15.0 Å². The third-order valence-corrected chi connectivity index (χ3v) is 4.91. The molecule has 3 aromatic heterocycles. The number of halogens is 1. The average molecular weight is 421 g/mol. The molecule has 3 aromatic rings. The van der Waals surface area contributed by atoms with Crippen molar-refractivity contribution in [1.82, 2.24) is 24.6 Å². The predicted octanol–water partition coefficient (Wildman–Crippen LogP) is 3.46. The van der Waals surface area contributed by atoms with Crippen molar-refractivity contribution in [1.29, 1.82) is 0 Å². The Hall–Kier alpha value is -1.93. The first-order chi connectivity index (χ1) is 12.0. The van der Waals surface area contributed by atoms with Crippen LogP contribution in [0.4, 0.5) is 0 Å². The normalized spacial score (nSPS) is 11.9. The van der Waals surface area contributed by atoms with Crippen LogP contribution in [0.5, 0.6) is 0 Å². The maximum absolute atomic E-state index is 4.72. The number of aryl methyl sites for hydroxylation is 1. The van der Waals surface area contributed by atoms with Gasteiger partial charge in [0.1, 0.15) is 5.65 Å². The first kappa shape index (κ1) is 17.9. The zero-order valence-electron chi connectivity index (χ0n) is 14.5. The van der Waals surface area contributed by atoms with Gasteiger partial charge in [-0.05, 0) is 41.9 Å². The number of nitrogens with one attached hydrogen (secondary N) is 1. The van der Waals surface area contributed by atoms with E-state index in [4.69, 9.17) is 4.99 Å². The van der Waals surface area contributed by atoms with Crippen LogP contribution in [-0.2, 0) is 13.1 Å². The molecule has 8 heteroatoms. The Morgan fingerprint density at radius 3 is 2.88 bits per heavy atom. The number of aliphatic imine (C=N–C) groups is 1. The smallest absolute Gasteiger partial charge is 0.194 e. The Bertz CT molecular complexity index is 884. The van der Waals surface area contributed by atoms with Crippen molar-refractivity contribution in [2.24, 2.45) is 4.99 Å². The average Bonchev–Trinajstić information content (AvgIpc) is 3.16. The zero-order valence-corrected chi connectivity index (χ0v) is 16.9. The molecular weight excluding hydrogens is 400 g/mol. The number of pyridine rings is 1.